The van der Waals surface area contributed by atoms with Crippen molar-refractivity contribution in [2.45, 2.75) is 44.1 Å². The van der Waals surface area contributed by atoms with Crippen molar-refractivity contribution in [1.29, 1.82) is 0 Å². The summed E-state index contributed by atoms with van der Waals surface area (Å²) in [6.45, 7) is 2.47. The van der Waals surface area contributed by atoms with Crippen LogP contribution in [0, 0.1) is 0 Å². The van der Waals surface area contributed by atoms with Crippen molar-refractivity contribution in [3.63, 3.8) is 0 Å². The predicted octanol–water partition coefficient (Wildman–Crippen LogP) is 4.08. The molecule has 0 saturated heterocycles. The summed E-state index contributed by atoms with van der Waals surface area (Å²) in [5.41, 5.74) is 0.763. The Morgan fingerprint density at radius 2 is 1.62 bits per heavy atom. The molecule has 1 N–H and O–H groups in total. The van der Waals surface area contributed by atoms with Gasteiger partial charge in [0, 0.05) is 0 Å². The maximum absolute atomic E-state index is 13.0. The molecule has 0 aromatic heterocycles. The molecule has 1 atom stereocenters. The lowest BCUT2D eigenvalue weighted by molar-refractivity contribution is -0.127. The van der Waals surface area contributed by atoms with Gasteiger partial charge >= 0.3 is 0 Å². The highest BCUT2D eigenvalue weighted by Crippen LogP contribution is 2.41. The number of carbonyl (C=O) groups excluding carboxylic acids is 1. The predicted molar refractivity (Wildman–Crippen MR) is 96.1 cm³/mol. The molecule has 2 aromatic carbocycles. The van der Waals surface area contributed by atoms with Gasteiger partial charge in [-0.25, -0.2) is 0 Å². The lowest BCUT2D eigenvalue weighted by atomic mass is 9.78. The highest BCUT2D eigenvalue weighted by atomic mass is 16.5. The minimum absolute atomic E-state index is 0.0288. The van der Waals surface area contributed by atoms with E-state index in [4.69, 9.17) is 4.74 Å². The molecule has 2 aromatic rings. The van der Waals surface area contributed by atoms with Crippen LogP contribution in [0.1, 0.15) is 38.2 Å². The number of benzene rings is 2. The van der Waals surface area contributed by atoms with E-state index in [9.17, 15) is 4.79 Å². The molecule has 0 aliphatic heterocycles. The largest absolute Gasteiger partial charge is 0.491 e. The van der Waals surface area contributed by atoms with Crippen LogP contribution < -0.4 is 10.1 Å². The first-order chi connectivity index (χ1) is 11.7. The molecule has 126 valence electrons. The molecule has 1 amide bonds. The first kappa shape index (κ1) is 16.6. The van der Waals surface area contributed by atoms with Crippen molar-refractivity contribution in [3.05, 3.63) is 66.2 Å². The van der Waals surface area contributed by atoms with Gasteiger partial charge < -0.3 is 10.1 Å². The third kappa shape index (κ3) is 3.61. The lowest BCUT2D eigenvalue weighted by Gasteiger charge is -2.30. The van der Waals surface area contributed by atoms with Gasteiger partial charge in [-0.15, -0.1) is 0 Å². The summed E-state index contributed by atoms with van der Waals surface area (Å²) in [7, 11) is 0. The molecule has 0 heterocycles. The van der Waals surface area contributed by atoms with Crippen LogP contribution in [0.4, 0.5) is 0 Å². The second-order valence-electron chi connectivity index (χ2n) is 6.65. The van der Waals surface area contributed by atoms with E-state index in [1.165, 1.54) is 0 Å². The average molecular weight is 323 g/mol. The Balaban J connectivity index is 1.64. The molecule has 0 bridgehead atoms. The number of nitrogens with one attached hydrogen (secondary N) is 1. The zero-order chi connectivity index (χ0) is 16.8. The number of hydrogen-bond donors (Lipinski definition) is 1. The Morgan fingerprint density at radius 1 is 1.04 bits per heavy atom. The molecule has 0 spiro atoms. The van der Waals surface area contributed by atoms with Crippen LogP contribution in [0.5, 0.6) is 5.75 Å². The van der Waals surface area contributed by atoms with E-state index in [0.29, 0.717) is 6.61 Å². The van der Waals surface area contributed by atoms with Crippen molar-refractivity contribution in [1.82, 2.24) is 5.32 Å². The van der Waals surface area contributed by atoms with E-state index in [1.807, 2.05) is 55.5 Å². The Bertz CT molecular complexity index is 648. The Kier molecular flexibility index (Phi) is 5.19. The molecular formula is C21H25NO2. The zero-order valence-corrected chi connectivity index (χ0v) is 14.2. The number of hydrogen-bond acceptors (Lipinski definition) is 2. The highest BCUT2D eigenvalue weighted by molar-refractivity contribution is 5.88. The second-order valence-corrected chi connectivity index (χ2v) is 6.65. The fourth-order valence-electron chi connectivity index (χ4n) is 3.52. The quantitative estimate of drug-likeness (QED) is 0.870. The van der Waals surface area contributed by atoms with Crippen molar-refractivity contribution < 1.29 is 9.53 Å². The van der Waals surface area contributed by atoms with Gasteiger partial charge in [0.25, 0.3) is 0 Å². The summed E-state index contributed by atoms with van der Waals surface area (Å²) >= 11 is 0. The average Bonchev–Trinajstić information content (AvgIpc) is 3.13. The van der Waals surface area contributed by atoms with Crippen LogP contribution in [0.15, 0.2) is 60.7 Å². The summed E-state index contributed by atoms with van der Waals surface area (Å²) in [4.78, 5) is 13.0. The topological polar surface area (TPSA) is 38.3 Å². The number of rotatable bonds is 6. The number of para-hydroxylation sites is 1. The Labute approximate surface area is 144 Å². The summed E-state index contributed by atoms with van der Waals surface area (Å²) in [5.74, 6) is 0.965. The molecule has 1 fully saturated rings. The van der Waals surface area contributed by atoms with Gasteiger partial charge in [0.2, 0.25) is 5.91 Å². The number of ether oxygens (including phenoxy) is 1. The third-order valence-electron chi connectivity index (χ3n) is 4.84. The molecule has 0 radical (unpaired) electrons. The highest BCUT2D eigenvalue weighted by Gasteiger charge is 2.42. The van der Waals surface area contributed by atoms with Crippen molar-refractivity contribution in [2.24, 2.45) is 0 Å². The summed E-state index contributed by atoms with van der Waals surface area (Å²) in [6, 6.07) is 19.9. The lowest BCUT2D eigenvalue weighted by Crippen LogP contribution is -2.47. The van der Waals surface area contributed by atoms with Gasteiger partial charge in [-0.05, 0) is 37.5 Å². The SMILES string of the molecule is C[C@@H](COc1ccccc1)NC(=O)C1(c2ccccc2)CCCC1. The molecule has 1 saturated carbocycles. The van der Waals surface area contributed by atoms with E-state index in [0.717, 1.165) is 37.0 Å². The van der Waals surface area contributed by atoms with Gasteiger partial charge in [-0.3, -0.25) is 4.79 Å². The molecule has 1 aliphatic rings. The fourth-order valence-corrected chi connectivity index (χ4v) is 3.52. The maximum Gasteiger partial charge on any atom is 0.230 e. The zero-order valence-electron chi connectivity index (χ0n) is 14.2. The molecule has 3 rings (SSSR count). The minimum Gasteiger partial charge on any atom is -0.491 e. The molecular weight excluding hydrogens is 298 g/mol. The maximum atomic E-state index is 13.0. The monoisotopic (exact) mass is 323 g/mol. The van der Waals surface area contributed by atoms with Crippen LogP contribution in [-0.4, -0.2) is 18.6 Å². The summed E-state index contributed by atoms with van der Waals surface area (Å²) < 4.78 is 5.76. The van der Waals surface area contributed by atoms with Gasteiger partial charge in [0.15, 0.2) is 0 Å². The van der Waals surface area contributed by atoms with E-state index in [1.54, 1.807) is 0 Å². The van der Waals surface area contributed by atoms with E-state index in [-0.39, 0.29) is 17.4 Å². The summed E-state index contributed by atoms with van der Waals surface area (Å²) in [6.07, 6.45) is 4.07. The van der Waals surface area contributed by atoms with Crippen LogP contribution in [0.2, 0.25) is 0 Å². The standard InChI is InChI=1S/C21H25NO2/c1-17(16-24-19-12-6-3-7-13-19)22-20(23)21(14-8-9-15-21)18-10-4-2-5-11-18/h2-7,10-13,17H,8-9,14-16H2,1H3,(H,22,23)/t17-/m0/s1. The van der Waals surface area contributed by atoms with Crippen molar-refractivity contribution in [3.8, 4) is 5.75 Å². The van der Waals surface area contributed by atoms with Crippen LogP contribution in [-0.2, 0) is 10.2 Å². The molecule has 0 unspecified atom stereocenters. The van der Waals surface area contributed by atoms with E-state index in [2.05, 4.69) is 17.4 Å². The van der Waals surface area contributed by atoms with Crippen LogP contribution >= 0.6 is 0 Å². The van der Waals surface area contributed by atoms with E-state index < -0.39 is 0 Å². The van der Waals surface area contributed by atoms with Crippen LogP contribution in [0.3, 0.4) is 0 Å². The molecule has 24 heavy (non-hydrogen) atoms. The third-order valence-corrected chi connectivity index (χ3v) is 4.84. The van der Waals surface area contributed by atoms with Crippen molar-refractivity contribution in [2.75, 3.05) is 6.61 Å². The van der Waals surface area contributed by atoms with E-state index >= 15 is 0 Å². The minimum atomic E-state index is -0.373. The smallest absolute Gasteiger partial charge is 0.230 e. The molecule has 1 aliphatic carbocycles. The summed E-state index contributed by atoms with van der Waals surface area (Å²) in [5, 5.41) is 3.17. The van der Waals surface area contributed by atoms with Crippen molar-refractivity contribution >= 4 is 5.91 Å². The number of amides is 1. The Hall–Kier alpha value is -2.29. The molecule has 3 nitrogen and oxygen atoms in total. The Morgan fingerprint density at radius 3 is 2.25 bits per heavy atom. The fraction of sp³-hybridized carbons (Fsp3) is 0.381. The first-order valence-electron chi connectivity index (χ1n) is 8.75. The normalized spacial score (nSPS) is 17.2. The van der Waals surface area contributed by atoms with Crippen LogP contribution in [0.25, 0.3) is 0 Å². The van der Waals surface area contributed by atoms with Gasteiger partial charge in [-0.2, -0.15) is 0 Å². The molecule has 3 heteroatoms. The van der Waals surface area contributed by atoms with Gasteiger partial charge in [-0.1, -0.05) is 61.4 Å². The first-order valence-corrected chi connectivity index (χ1v) is 8.75. The van der Waals surface area contributed by atoms with Gasteiger partial charge in [0.05, 0.1) is 11.5 Å². The van der Waals surface area contributed by atoms with Gasteiger partial charge in [0.1, 0.15) is 12.4 Å². The number of carbonyl (C=O) groups is 1. The second kappa shape index (κ2) is 7.52.